The SMILES string of the molecule is C=CC.C=CCCC1CN(C(=O)[C@H](N)Cc2ccc3ccccc3c2)C(CCCN=C(N)N)CN1C(=O)Cc1ccc2ccccc2c1. The molecule has 3 atom stereocenters. The van der Waals surface area contributed by atoms with E-state index in [4.69, 9.17) is 17.2 Å². The van der Waals surface area contributed by atoms with E-state index in [0.29, 0.717) is 45.3 Å². The van der Waals surface area contributed by atoms with Gasteiger partial charge in [0.05, 0.1) is 12.5 Å². The summed E-state index contributed by atoms with van der Waals surface area (Å²) in [4.78, 5) is 36.0. The Labute approximate surface area is 285 Å². The zero-order valence-corrected chi connectivity index (χ0v) is 28.1. The highest BCUT2D eigenvalue weighted by Gasteiger charge is 2.39. The van der Waals surface area contributed by atoms with Gasteiger partial charge in [0.25, 0.3) is 0 Å². The largest absolute Gasteiger partial charge is 0.370 e. The second kappa shape index (κ2) is 17.8. The standard InChI is InChI=1S/C37H44N6O2.C3H6/c1-2-3-13-32-25-43(36(45)34(38)22-26-15-17-28-9-4-6-11-30(28)20-26)33(14-8-19-41-37(39)40)24-42(32)35(44)23-27-16-18-29-10-5-7-12-31(29)21-27;1-3-2/h2,4-7,9-12,15-18,20-21,32-34H,1,3,8,13-14,19,22-25,38H2,(H4,39,40,41);3H,1H2,2H3/t32?,33?,34-;/m1./s1. The summed E-state index contributed by atoms with van der Waals surface area (Å²) in [6.45, 7) is 10.5. The lowest BCUT2D eigenvalue weighted by Crippen LogP contribution is -2.63. The molecule has 1 heterocycles. The van der Waals surface area contributed by atoms with Crippen LogP contribution < -0.4 is 17.2 Å². The van der Waals surface area contributed by atoms with Gasteiger partial charge in [0.2, 0.25) is 11.8 Å². The first-order chi connectivity index (χ1) is 23.2. The molecule has 2 unspecified atom stereocenters. The molecule has 8 heteroatoms. The van der Waals surface area contributed by atoms with Gasteiger partial charge in [-0.1, -0.05) is 97.1 Å². The van der Waals surface area contributed by atoms with Gasteiger partial charge in [0.1, 0.15) is 0 Å². The van der Waals surface area contributed by atoms with Crippen molar-refractivity contribution in [1.82, 2.24) is 9.80 Å². The summed E-state index contributed by atoms with van der Waals surface area (Å²) in [6.07, 6.45) is 7.14. The van der Waals surface area contributed by atoms with Crippen LogP contribution in [0.25, 0.3) is 21.5 Å². The Hall–Kier alpha value is -4.95. The first kappa shape index (κ1) is 35.9. The number of aliphatic imine (C=N–C) groups is 1. The van der Waals surface area contributed by atoms with Crippen LogP contribution in [0.2, 0.25) is 0 Å². The van der Waals surface area contributed by atoms with Gasteiger partial charge in [-0.25, -0.2) is 0 Å². The van der Waals surface area contributed by atoms with E-state index >= 15 is 0 Å². The number of hydrogen-bond donors (Lipinski definition) is 3. The van der Waals surface area contributed by atoms with Gasteiger partial charge in [-0.15, -0.1) is 13.2 Å². The minimum Gasteiger partial charge on any atom is -0.370 e. The van der Waals surface area contributed by atoms with Crippen LogP contribution in [0.5, 0.6) is 0 Å². The number of guanidine groups is 1. The molecule has 0 radical (unpaired) electrons. The fraction of sp³-hybridized carbons (Fsp3) is 0.325. The Morgan fingerprint density at radius 1 is 0.833 bits per heavy atom. The molecule has 5 rings (SSSR count). The third kappa shape index (κ3) is 9.78. The Kier molecular flexibility index (Phi) is 13.3. The molecule has 1 fully saturated rings. The second-order valence-electron chi connectivity index (χ2n) is 12.4. The summed E-state index contributed by atoms with van der Waals surface area (Å²) in [5.74, 6) is 0.00187. The Morgan fingerprint density at radius 3 is 1.98 bits per heavy atom. The minimum absolute atomic E-state index is 0.0423. The molecule has 2 amide bonds. The van der Waals surface area contributed by atoms with Gasteiger partial charge in [-0.3, -0.25) is 14.6 Å². The summed E-state index contributed by atoms with van der Waals surface area (Å²) in [7, 11) is 0. The van der Waals surface area contributed by atoms with Gasteiger partial charge in [0.15, 0.2) is 5.96 Å². The lowest BCUT2D eigenvalue weighted by Gasteiger charge is -2.47. The third-order valence-electron chi connectivity index (χ3n) is 8.75. The van der Waals surface area contributed by atoms with Crippen molar-refractivity contribution in [2.45, 2.75) is 63.6 Å². The van der Waals surface area contributed by atoms with Crippen LogP contribution in [0.15, 0.2) is 115 Å². The minimum atomic E-state index is -0.703. The number of piperazine rings is 1. The maximum atomic E-state index is 14.0. The number of nitrogens with zero attached hydrogens (tertiary/aromatic N) is 3. The number of carbonyl (C=O) groups excluding carboxylic acids is 2. The number of fused-ring (bicyclic) bond motifs is 2. The summed E-state index contributed by atoms with van der Waals surface area (Å²) in [5, 5.41) is 4.52. The normalized spacial score (nSPS) is 16.5. The van der Waals surface area contributed by atoms with E-state index in [1.54, 1.807) is 6.08 Å². The van der Waals surface area contributed by atoms with E-state index in [0.717, 1.165) is 45.5 Å². The predicted octanol–water partition coefficient (Wildman–Crippen LogP) is 5.73. The molecule has 1 aliphatic rings. The molecule has 48 heavy (non-hydrogen) atoms. The van der Waals surface area contributed by atoms with Crippen LogP contribution in [-0.2, 0) is 22.4 Å². The van der Waals surface area contributed by atoms with Crippen LogP contribution in [0.4, 0.5) is 0 Å². The fourth-order valence-electron chi connectivity index (χ4n) is 6.41. The van der Waals surface area contributed by atoms with Crippen LogP contribution in [0.3, 0.4) is 0 Å². The van der Waals surface area contributed by atoms with Crippen LogP contribution >= 0.6 is 0 Å². The first-order valence-corrected chi connectivity index (χ1v) is 16.8. The number of allylic oxidation sites excluding steroid dienone is 2. The molecule has 252 valence electrons. The van der Waals surface area contributed by atoms with E-state index in [1.165, 1.54) is 0 Å². The van der Waals surface area contributed by atoms with Crippen molar-refractivity contribution in [2.75, 3.05) is 19.6 Å². The quantitative estimate of drug-likeness (QED) is 0.0784. The molecule has 1 saturated heterocycles. The summed E-state index contributed by atoms with van der Waals surface area (Å²) in [6, 6.07) is 27.7. The lowest BCUT2D eigenvalue weighted by molar-refractivity contribution is -0.147. The zero-order chi connectivity index (χ0) is 34.5. The van der Waals surface area contributed by atoms with Crippen molar-refractivity contribution >= 4 is 39.3 Å². The highest BCUT2D eigenvalue weighted by molar-refractivity contribution is 5.87. The van der Waals surface area contributed by atoms with Gasteiger partial charge in [-0.05, 0) is 71.7 Å². The summed E-state index contributed by atoms with van der Waals surface area (Å²) < 4.78 is 0. The van der Waals surface area contributed by atoms with E-state index in [-0.39, 0.29) is 29.9 Å². The van der Waals surface area contributed by atoms with Crippen LogP contribution in [0.1, 0.15) is 43.7 Å². The summed E-state index contributed by atoms with van der Waals surface area (Å²) >= 11 is 0. The highest BCUT2D eigenvalue weighted by atomic mass is 16.2. The molecular weight excluding hydrogens is 596 g/mol. The lowest BCUT2D eigenvalue weighted by atomic mass is 9.95. The van der Waals surface area contributed by atoms with E-state index < -0.39 is 6.04 Å². The molecule has 4 aromatic rings. The molecule has 6 N–H and O–H groups in total. The number of rotatable bonds is 12. The number of carbonyl (C=O) groups is 2. The average Bonchev–Trinajstić information content (AvgIpc) is 3.09. The fourth-order valence-corrected chi connectivity index (χ4v) is 6.41. The molecule has 1 aliphatic heterocycles. The molecule has 0 aromatic heterocycles. The van der Waals surface area contributed by atoms with Crippen molar-refractivity contribution in [3.8, 4) is 0 Å². The molecule has 0 saturated carbocycles. The van der Waals surface area contributed by atoms with Gasteiger partial charge >= 0.3 is 0 Å². The molecule has 0 spiro atoms. The average molecular weight is 647 g/mol. The second-order valence-corrected chi connectivity index (χ2v) is 12.4. The molecule has 8 nitrogen and oxygen atoms in total. The van der Waals surface area contributed by atoms with Gasteiger partial charge in [0, 0.05) is 31.7 Å². The van der Waals surface area contributed by atoms with Gasteiger partial charge in [-0.2, -0.15) is 0 Å². The Balaban J connectivity index is 0.00000167. The summed E-state index contributed by atoms with van der Waals surface area (Å²) in [5.41, 5.74) is 19.7. The molecular formula is C40H50N6O2. The third-order valence-corrected chi connectivity index (χ3v) is 8.75. The van der Waals surface area contributed by atoms with Crippen LogP contribution in [-0.4, -0.2) is 65.3 Å². The van der Waals surface area contributed by atoms with Crippen molar-refractivity contribution in [2.24, 2.45) is 22.2 Å². The van der Waals surface area contributed by atoms with Crippen molar-refractivity contribution in [1.29, 1.82) is 0 Å². The monoisotopic (exact) mass is 646 g/mol. The van der Waals surface area contributed by atoms with Crippen molar-refractivity contribution < 1.29 is 9.59 Å². The van der Waals surface area contributed by atoms with E-state index in [9.17, 15) is 9.59 Å². The zero-order valence-electron chi connectivity index (χ0n) is 28.1. The topological polar surface area (TPSA) is 131 Å². The smallest absolute Gasteiger partial charge is 0.240 e. The van der Waals surface area contributed by atoms with Crippen LogP contribution in [0, 0.1) is 0 Å². The molecule has 4 aromatic carbocycles. The number of benzene rings is 4. The maximum Gasteiger partial charge on any atom is 0.240 e. The number of amides is 2. The van der Waals surface area contributed by atoms with E-state index in [1.807, 2.05) is 59.2 Å². The number of nitrogens with two attached hydrogens (primary N) is 3. The van der Waals surface area contributed by atoms with Crippen molar-refractivity contribution in [3.63, 3.8) is 0 Å². The highest BCUT2D eigenvalue weighted by Crippen LogP contribution is 2.26. The molecule has 0 bridgehead atoms. The molecule has 0 aliphatic carbocycles. The van der Waals surface area contributed by atoms with E-state index in [2.05, 4.69) is 66.7 Å². The Bertz CT molecular complexity index is 1730. The number of hydrogen-bond acceptors (Lipinski definition) is 4. The Morgan fingerprint density at radius 2 is 1.38 bits per heavy atom. The maximum absolute atomic E-state index is 14.0. The predicted molar refractivity (Wildman–Crippen MR) is 199 cm³/mol. The van der Waals surface area contributed by atoms with Crippen molar-refractivity contribution in [3.05, 3.63) is 121 Å². The first-order valence-electron chi connectivity index (χ1n) is 16.8. The van der Waals surface area contributed by atoms with Gasteiger partial charge < -0.3 is 27.0 Å².